The van der Waals surface area contributed by atoms with Crippen LogP contribution in [0.2, 0.25) is 0 Å². The molecular weight excluding hydrogens is 250 g/mol. The van der Waals surface area contributed by atoms with Gasteiger partial charge in [-0.1, -0.05) is 43.7 Å². The minimum atomic E-state index is -0.0591. The zero-order chi connectivity index (χ0) is 14.7. The molecule has 0 aliphatic carbocycles. The molecular formula is C17H25NO2. The minimum absolute atomic E-state index is 0.0591. The van der Waals surface area contributed by atoms with Crippen molar-refractivity contribution in [1.29, 1.82) is 0 Å². The Morgan fingerprint density at radius 2 is 1.95 bits per heavy atom. The fourth-order valence-corrected chi connectivity index (χ4v) is 2.82. The van der Waals surface area contributed by atoms with Gasteiger partial charge in [-0.05, 0) is 25.3 Å². The summed E-state index contributed by atoms with van der Waals surface area (Å²) in [6, 6.07) is 8.51. The molecule has 0 aromatic heterocycles. The number of benzene rings is 1. The average molecular weight is 275 g/mol. The van der Waals surface area contributed by atoms with Gasteiger partial charge in [0, 0.05) is 6.54 Å². The highest BCUT2D eigenvalue weighted by atomic mass is 16.5. The fourth-order valence-electron chi connectivity index (χ4n) is 2.82. The molecule has 110 valence electrons. The van der Waals surface area contributed by atoms with Crippen molar-refractivity contribution in [2.75, 3.05) is 19.8 Å². The maximum Gasteiger partial charge on any atom is 0.230 e. The lowest BCUT2D eigenvalue weighted by Crippen LogP contribution is -2.49. The predicted octanol–water partition coefficient (Wildman–Crippen LogP) is 2.98. The number of aryl methyl sites for hydroxylation is 1. The van der Waals surface area contributed by atoms with E-state index < -0.39 is 0 Å². The van der Waals surface area contributed by atoms with E-state index in [1.54, 1.807) is 0 Å². The maximum atomic E-state index is 12.9. The molecule has 1 aliphatic rings. The molecule has 3 nitrogen and oxygen atoms in total. The second-order valence-electron chi connectivity index (χ2n) is 6.09. The van der Waals surface area contributed by atoms with Gasteiger partial charge in [0.2, 0.25) is 5.91 Å². The van der Waals surface area contributed by atoms with Gasteiger partial charge in [0.05, 0.1) is 25.2 Å². The smallest absolute Gasteiger partial charge is 0.230 e. The Bertz CT molecular complexity index is 453. The molecule has 2 unspecified atom stereocenters. The van der Waals surface area contributed by atoms with Crippen LogP contribution in [0.3, 0.4) is 0 Å². The van der Waals surface area contributed by atoms with Crippen molar-refractivity contribution in [3.05, 3.63) is 35.4 Å². The Balaban J connectivity index is 2.23. The van der Waals surface area contributed by atoms with E-state index in [-0.39, 0.29) is 17.9 Å². The highest BCUT2D eigenvalue weighted by molar-refractivity contribution is 5.84. The summed E-state index contributed by atoms with van der Waals surface area (Å²) in [6.07, 6.45) is 0. The van der Waals surface area contributed by atoms with E-state index in [1.807, 2.05) is 4.90 Å². The van der Waals surface area contributed by atoms with Crippen LogP contribution in [0.15, 0.2) is 24.3 Å². The van der Waals surface area contributed by atoms with Crippen LogP contribution in [-0.4, -0.2) is 36.6 Å². The van der Waals surface area contributed by atoms with E-state index in [1.165, 1.54) is 5.56 Å². The van der Waals surface area contributed by atoms with E-state index in [9.17, 15) is 4.79 Å². The third-order valence-corrected chi connectivity index (χ3v) is 4.02. The van der Waals surface area contributed by atoms with Crippen LogP contribution in [0.1, 0.15) is 37.8 Å². The summed E-state index contributed by atoms with van der Waals surface area (Å²) in [5, 5.41) is 0. The van der Waals surface area contributed by atoms with Crippen molar-refractivity contribution < 1.29 is 9.53 Å². The fraction of sp³-hybridized carbons (Fsp3) is 0.588. The first kappa shape index (κ1) is 15.0. The number of nitrogens with zero attached hydrogens (tertiary/aromatic N) is 1. The van der Waals surface area contributed by atoms with Gasteiger partial charge >= 0.3 is 0 Å². The van der Waals surface area contributed by atoms with Gasteiger partial charge in [0.15, 0.2) is 0 Å². The molecule has 1 saturated heterocycles. The van der Waals surface area contributed by atoms with E-state index in [0.717, 1.165) is 5.56 Å². The molecule has 1 heterocycles. The third-order valence-electron chi connectivity index (χ3n) is 4.02. The summed E-state index contributed by atoms with van der Waals surface area (Å²) in [7, 11) is 0. The largest absolute Gasteiger partial charge is 0.377 e. The van der Waals surface area contributed by atoms with Gasteiger partial charge in [0.25, 0.3) is 0 Å². The average Bonchev–Trinajstić information content (AvgIpc) is 2.41. The number of morpholine rings is 1. The first-order valence-electron chi connectivity index (χ1n) is 7.45. The van der Waals surface area contributed by atoms with Crippen LogP contribution in [-0.2, 0) is 9.53 Å². The van der Waals surface area contributed by atoms with Crippen molar-refractivity contribution in [3.8, 4) is 0 Å². The minimum Gasteiger partial charge on any atom is -0.377 e. The predicted molar refractivity (Wildman–Crippen MR) is 80.8 cm³/mol. The van der Waals surface area contributed by atoms with Gasteiger partial charge in [-0.15, -0.1) is 0 Å². The normalized spacial score (nSPS) is 21.1. The molecule has 2 atom stereocenters. The standard InChI is InChI=1S/C17H25NO2/c1-12(2)16(15-7-5-13(3)6-8-15)17(19)18-9-10-20-11-14(18)4/h5-8,12,14,16H,9-11H2,1-4H3. The van der Waals surface area contributed by atoms with E-state index in [2.05, 4.69) is 52.0 Å². The first-order chi connectivity index (χ1) is 9.50. The Morgan fingerprint density at radius 3 is 2.50 bits per heavy atom. The summed E-state index contributed by atoms with van der Waals surface area (Å²) < 4.78 is 5.43. The molecule has 3 heteroatoms. The van der Waals surface area contributed by atoms with Crippen LogP contribution in [0.25, 0.3) is 0 Å². The van der Waals surface area contributed by atoms with Crippen molar-refractivity contribution >= 4 is 5.91 Å². The van der Waals surface area contributed by atoms with Gasteiger partial charge in [0.1, 0.15) is 0 Å². The number of hydrogen-bond acceptors (Lipinski definition) is 2. The third kappa shape index (κ3) is 3.21. The van der Waals surface area contributed by atoms with Gasteiger partial charge in [-0.3, -0.25) is 4.79 Å². The lowest BCUT2D eigenvalue weighted by Gasteiger charge is -2.37. The highest BCUT2D eigenvalue weighted by Gasteiger charge is 2.32. The summed E-state index contributed by atoms with van der Waals surface area (Å²) in [4.78, 5) is 14.9. The number of hydrogen-bond donors (Lipinski definition) is 0. The second kappa shape index (κ2) is 6.40. The summed E-state index contributed by atoms with van der Waals surface area (Å²) in [6.45, 7) is 10.4. The molecule has 0 bridgehead atoms. The molecule has 1 aromatic carbocycles. The van der Waals surface area contributed by atoms with Crippen molar-refractivity contribution in [1.82, 2.24) is 4.90 Å². The Hall–Kier alpha value is -1.35. The van der Waals surface area contributed by atoms with E-state index in [4.69, 9.17) is 4.74 Å². The van der Waals surface area contributed by atoms with Crippen molar-refractivity contribution in [3.63, 3.8) is 0 Å². The van der Waals surface area contributed by atoms with Crippen molar-refractivity contribution in [2.45, 2.75) is 39.7 Å². The topological polar surface area (TPSA) is 29.5 Å². The molecule has 0 saturated carbocycles. The number of ether oxygens (including phenoxy) is 1. The molecule has 20 heavy (non-hydrogen) atoms. The summed E-state index contributed by atoms with van der Waals surface area (Å²) >= 11 is 0. The van der Waals surface area contributed by atoms with Crippen LogP contribution in [0, 0.1) is 12.8 Å². The van der Waals surface area contributed by atoms with Crippen LogP contribution >= 0.6 is 0 Å². The summed E-state index contributed by atoms with van der Waals surface area (Å²) in [5.74, 6) is 0.469. The highest BCUT2D eigenvalue weighted by Crippen LogP contribution is 2.28. The van der Waals surface area contributed by atoms with Crippen LogP contribution < -0.4 is 0 Å². The zero-order valence-electron chi connectivity index (χ0n) is 12.9. The number of carbonyl (C=O) groups excluding carboxylic acids is 1. The van der Waals surface area contributed by atoms with Gasteiger partial charge in [-0.25, -0.2) is 0 Å². The van der Waals surface area contributed by atoms with E-state index in [0.29, 0.717) is 25.7 Å². The molecule has 0 spiro atoms. The van der Waals surface area contributed by atoms with Gasteiger partial charge < -0.3 is 9.64 Å². The van der Waals surface area contributed by atoms with Crippen LogP contribution in [0.5, 0.6) is 0 Å². The lowest BCUT2D eigenvalue weighted by atomic mass is 9.86. The molecule has 0 radical (unpaired) electrons. The molecule has 1 aromatic rings. The number of carbonyl (C=O) groups is 1. The Kier molecular flexibility index (Phi) is 4.81. The van der Waals surface area contributed by atoms with Crippen LogP contribution in [0.4, 0.5) is 0 Å². The Labute approximate surface area is 121 Å². The lowest BCUT2D eigenvalue weighted by molar-refractivity contribution is -0.141. The Morgan fingerprint density at radius 1 is 1.30 bits per heavy atom. The van der Waals surface area contributed by atoms with E-state index >= 15 is 0 Å². The monoisotopic (exact) mass is 275 g/mol. The molecule has 1 fully saturated rings. The van der Waals surface area contributed by atoms with Crippen molar-refractivity contribution in [2.24, 2.45) is 5.92 Å². The molecule has 1 aliphatic heterocycles. The number of amides is 1. The number of rotatable bonds is 3. The first-order valence-corrected chi connectivity index (χ1v) is 7.45. The quantitative estimate of drug-likeness (QED) is 0.848. The molecule has 0 N–H and O–H groups in total. The summed E-state index contributed by atoms with van der Waals surface area (Å²) in [5.41, 5.74) is 2.35. The molecule has 2 rings (SSSR count). The zero-order valence-corrected chi connectivity index (χ0v) is 12.9. The maximum absolute atomic E-state index is 12.9. The SMILES string of the molecule is Cc1ccc(C(C(=O)N2CCOCC2C)C(C)C)cc1. The second-order valence-corrected chi connectivity index (χ2v) is 6.09. The molecule has 1 amide bonds. The van der Waals surface area contributed by atoms with Gasteiger partial charge in [-0.2, -0.15) is 0 Å².